The zero-order chi connectivity index (χ0) is 20.5. The summed E-state index contributed by atoms with van der Waals surface area (Å²) in [6, 6.07) is 2.27. The molecule has 0 unspecified atom stereocenters. The lowest BCUT2D eigenvalue weighted by Gasteiger charge is -2.12. The SMILES string of the molecule is O=C(Cn1cc(C(F)(F)F)cc(Cl)c1=O)NNC(=O)c1cc2c(s1)CCCC2. The molecule has 0 atom stereocenters. The molecule has 2 N–H and O–H groups in total. The Balaban J connectivity index is 1.64. The third kappa shape index (κ3) is 4.56. The summed E-state index contributed by atoms with van der Waals surface area (Å²) in [5, 5.41) is -0.657. The van der Waals surface area contributed by atoms with Crippen molar-refractivity contribution in [3.63, 3.8) is 0 Å². The summed E-state index contributed by atoms with van der Waals surface area (Å²) in [6.45, 7) is -0.732. The molecule has 6 nitrogen and oxygen atoms in total. The van der Waals surface area contributed by atoms with Gasteiger partial charge in [0.05, 0.1) is 10.4 Å². The number of aryl methyl sites for hydroxylation is 2. The Bertz CT molecular complexity index is 961. The third-order valence-corrected chi connectivity index (χ3v) is 5.73. The fourth-order valence-corrected chi connectivity index (χ4v) is 4.23. The van der Waals surface area contributed by atoms with E-state index in [1.165, 1.54) is 11.3 Å². The number of fused-ring (bicyclic) bond motifs is 1. The fraction of sp³-hybridized carbons (Fsp3) is 0.353. The summed E-state index contributed by atoms with van der Waals surface area (Å²) >= 11 is 6.88. The summed E-state index contributed by atoms with van der Waals surface area (Å²) in [6.07, 6.45) is -0.260. The minimum absolute atomic E-state index is 0.437. The van der Waals surface area contributed by atoms with Gasteiger partial charge in [-0.2, -0.15) is 13.2 Å². The summed E-state index contributed by atoms with van der Waals surface area (Å²) < 4.78 is 39.0. The van der Waals surface area contributed by atoms with Crippen molar-refractivity contribution in [1.29, 1.82) is 0 Å². The quantitative estimate of drug-likeness (QED) is 0.730. The van der Waals surface area contributed by atoms with E-state index in [-0.39, 0.29) is 0 Å². The molecule has 2 aromatic heterocycles. The molecule has 28 heavy (non-hydrogen) atoms. The number of nitrogens with zero attached hydrogens (tertiary/aromatic N) is 1. The maximum absolute atomic E-state index is 12.8. The number of rotatable bonds is 3. The van der Waals surface area contributed by atoms with E-state index in [4.69, 9.17) is 11.6 Å². The monoisotopic (exact) mass is 433 g/mol. The number of hydrogen-bond donors (Lipinski definition) is 2. The first-order valence-electron chi connectivity index (χ1n) is 8.33. The summed E-state index contributed by atoms with van der Waals surface area (Å²) in [4.78, 5) is 37.6. The molecule has 0 spiro atoms. The number of amides is 2. The van der Waals surface area contributed by atoms with Gasteiger partial charge in [0.2, 0.25) is 0 Å². The van der Waals surface area contributed by atoms with Crippen LogP contribution < -0.4 is 16.4 Å². The number of alkyl halides is 3. The van der Waals surface area contributed by atoms with Crippen LogP contribution in [0.5, 0.6) is 0 Å². The molecule has 0 saturated heterocycles. The van der Waals surface area contributed by atoms with Crippen molar-refractivity contribution in [2.24, 2.45) is 0 Å². The van der Waals surface area contributed by atoms with Crippen molar-refractivity contribution in [2.75, 3.05) is 0 Å². The van der Waals surface area contributed by atoms with Crippen LogP contribution in [0.3, 0.4) is 0 Å². The molecule has 2 amide bonds. The normalized spacial score (nSPS) is 13.7. The number of nitrogens with one attached hydrogen (secondary N) is 2. The number of carbonyl (C=O) groups is 2. The van der Waals surface area contributed by atoms with E-state index >= 15 is 0 Å². The van der Waals surface area contributed by atoms with Crippen LogP contribution in [0, 0.1) is 0 Å². The van der Waals surface area contributed by atoms with Crippen molar-refractivity contribution in [1.82, 2.24) is 15.4 Å². The van der Waals surface area contributed by atoms with Gasteiger partial charge in [-0.25, -0.2) is 0 Å². The maximum atomic E-state index is 12.8. The lowest BCUT2D eigenvalue weighted by atomic mass is 9.99. The molecule has 2 heterocycles. The number of hydrogen-bond acceptors (Lipinski definition) is 4. The largest absolute Gasteiger partial charge is 0.417 e. The molecule has 0 radical (unpaired) electrons. The average Bonchev–Trinajstić information content (AvgIpc) is 3.06. The van der Waals surface area contributed by atoms with Gasteiger partial charge < -0.3 is 4.57 Å². The van der Waals surface area contributed by atoms with E-state index < -0.39 is 40.7 Å². The van der Waals surface area contributed by atoms with Gasteiger partial charge in [0.25, 0.3) is 17.4 Å². The highest BCUT2D eigenvalue weighted by Crippen LogP contribution is 2.30. The van der Waals surface area contributed by atoms with E-state index in [1.54, 1.807) is 6.07 Å². The van der Waals surface area contributed by atoms with Crippen molar-refractivity contribution in [3.8, 4) is 0 Å². The Morgan fingerprint density at radius 1 is 1.18 bits per heavy atom. The number of aromatic nitrogens is 1. The van der Waals surface area contributed by atoms with Gasteiger partial charge in [-0.15, -0.1) is 11.3 Å². The Morgan fingerprint density at radius 2 is 1.89 bits per heavy atom. The molecule has 1 aliphatic rings. The zero-order valence-corrected chi connectivity index (χ0v) is 15.9. The molecular formula is C17H15ClF3N3O3S. The number of hydrazine groups is 1. The Kier molecular flexibility index (Phi) is 5.80. The molecule has 1 aliphatic carbocycles. The van der Waals surface area contributed by atoms with Gasteiger partial charge >= 0.3 is 6.18 Å². The van der Waals surface area contributed by atoms with Crippen molar-refractivity contribution >= 4 is 34.8 Å². The molecular weight excluding hydrogens is 419 g/mol. The van der Waals surface area contributed by atoms with Gasteiger partial charge in [0.15, 0.2) is 0 Å². The predicted molar refractivity (Wildman–Crippen MR) is 97.3 cm³/mol. The first-order valence-corrected chi connectivity index (χ1v) is 9.52. The summed E-state index contributed by atoms with van der Waals surface area (Å²) in [5.74, 6) is -1.39. The molecule has 0 aliphatic heterocycles. The smallest absolute Gasteiger partial charge is 0.304 e. The number of pyridine rings is 1. The van der Waals surface area contributed by atoms with Crippen LogP contribution in [-0.4, -0.2) is 16.4 Å². The number of carbonyl (C=O) groups excluding carboxylic acids is 2. The lowest BCUT2D eigenvalue weighted by molar-refractivity contribution is -0.138. The molecule has 3 rings (SSSR count). The van der Waals surface area contributed by atoms with E-state index in [0.717, 1.165) is 36.1 Å². The van der Waals surface area contributed by atoms with Gasteiger partial charge in [-0.05, 0) is 43.4 Å². The third-order valence-electron chi connectivity index (χ3n) is 4.22. The second-order valence-corrected chi connectivity index (χ2v) is 7.82. The fourth-order valence-electron chi connectivity index (χ4n) is 2.86. The van der Waals surface area contributed by atoms with Crippen molar-refractivity contribution in [3.05, 3.63) is 54.6 Å². The van der Waals surface area contributed by atoms with Gasteiger partial charge in [0, 0.05) is 11.1 Å². The van der Waals surface area contributed by atoms with E-state index in [9.17, 15) is 27.6 Å². The Hall–Kier alpha value is -2.33. The van der Waals surface area contributed by atoms with Gasteiger partial charge in [-0.3, -0.25) is 25.2 Å². The minimum Gasteiger partial charge on any atom is -0.304 e. The predicted octanol–water partition coefficient (Wildman–Crippen LogP) is 2.92. The van der Waals surface area contributed by atoms with Crippen LogP contribution in [0.1, 0.15) is 38.5 Å². The van der Waals surface area contributed by atoms with Gasteiger partial charge in [-0.1, -0.05) is 11.6 Å². The van der Waals surface area contributed by atoms with Crippen molar-refractivity contribution in [2.45, 2.75) is 38.4 Å². The summed E-state index contributed by atoms with van der Waals surface area (Å²) in [5.41, 5.74) is 3.33. The second-order valence-electron chi connectivity index (χ2n) is 6.28. The standard InChI is InChI=1S/C17H15ClF3N3O3S/c18-11-6-10(17(19,20)21)7-24(16(11)27)8-14(25)22-23-15(26)13-5-9-3-1-2-4-12(9)28-13/h5-7H,1-4,8H2,(H,22,25)(H,23,26). The van der Waals surface area contributed by atoms with Crippen LogP contribution >= 0.6 is 22.9 Å². The molecule has 11 heteroatoms. The van der Waals surface area contributed by atoms with Crippen LogP contribution in [0.15, 0.2) is 23.1 Å². The number of thiophene rings is 1. The van der Waals surface area contributed by atoms with Crippen LogP contribution in [-0.2, 0) is 30.4 Å². The maximum Gasteiger partial charge on any atom is 0.417 e. The molecule has 0 fully saturated rings. The molecule has 0 saturated carbocycles. The van der Waals surface area contributed by atoms with Crippen LogP contribution in [0.25, 0.3) is 0 Å². The highest BCUT2D eigenvalue weighted by Gasteiger charge is 2.32. The first kappa shape index (κ1) is 20.4. The summed E-state index contributed by atoms with van der Waals surface area (Å²) in [7, 11) is 0. The van der Waals surface area contributed by atoms with Crippen LogP contribution in [0.4, 0.5) is 13.2 Å². The highest BCUT2D eigenvalue weighted by atomic mass is 35.5. The Labute approximate surface area is 166 Å². The lowest BCUT2D eigenvalue weighted by Crippen LogP contribution is -2.44. The van der Waals surface area contributed by atoms with Gasteiger partial charge in [0.1, 0.15) is 11.6 Å². The zero-order valence-electron chi connectivity index (χ0n) is 14.4. The van der Waals surface area contributed by atoms with E-state index in [0.29, 0.717) is 21.7 Å². The second kappa shape index (κ2) is 7.96. The number of halogens is 4. The Morgan fingerprint density at radius 3 is 2.57 bits per heavy atom. The minimum atomic E-state index is -4.72. The molecule has 150 valence electrons. The van der Waals surface area contributed by atoms with Crippen LogP contribution in [0.2, 0.25) is 5.02 Å². The molecule has 0 bridgehead atoms. The van der Waals surface area contributed by atoms with E-state index in [2.05, 4.69) is 10.9 Å². The molecule has 0 aromatic carbocycles. The average molecular weight is 434 g/mol. The highest BCUT2D eigenvalue weighted by molar-refractivity contribution is 7.14. The molecule has 2 aromatic rings. The van der Waals surface area contributed by atoms with E-state index in [1.807, 2.05) is 0 Å². The topological polar surface area (TPSA) is 80.2 Å². The van der Waals surface area contributed by atoms with Crippen molar-refractivity contribution < 1.29 is 22.8 Å². The first-order chi connectivity index (χ1) is 13.1.